The van der Waals surface area contributed by atoms with E-state index in [4.69, 9.17) is 16.6 Å². The van der Waals surface area contributed by atoms with E-state index in [1.807, 2.05) is 11.3 Å². The van der Waals surface area contributed by atoms with E-state index in [1.54, 1.807) is 0 Å². The number of alkyl halides is 1. The Morgan fingerprint density at radius 3 is 2.71 bits per heavy atom. The second-order valence-electron chi connectivity index (χ2n) is 6.70. The lowest BCUT2D eigenvalue weighted by Gasteiger charge is -2.22. The van der Waals surface area contributed by atoms with Gasteiger partial charge in [-0.05, 0) is 24.7 Å². The molecule has 1 aliphatic rings. The summed E-state index contributed by atoms with van der Waals surface area (Å²) in [7, 11) is 0. The fourth-order valence-corrected chi connectivity index (χ4v) is 4.22. The molecule has 1 nitrogen and oxygen atoms in total. The van der Waals surface area contributed by atoms with Gasteiger partial charge < -0.3 is 0 Å². The van der Waals surface area contributed by atoms with Crippen molar-refractivity contribution in [2.24, 2.45) is 5.41 Å². The van der Waals surface area contributed by atoms with Crippen LogP contribution in [0.5, 0.6) is 0 Å². The van der Waals surface area contributed by atoms with E-state index in [0.29, 0.717) is 10.8 Å². The summed E-state index contributed by atoms with van der Waals surface area (Å²) in [4.78, 5) is 4.79. The zero-order valence-electron chi connectivity index (χ0n) is 11.2. The number of nitrogens with zero attached hydrogens (tertiary/aromatic N) is 1. The van der Waals surface area contributed by atoms with Crippen LogP contribution in [0.2, 0.25) is 0 Å². The average molecular weight is 272 g/mol. The lowest BCUT2D eigenvalue weighted by atomic mass is 9.85. The second kappa shape index (κ2) is 4.55. The third-order valence-electron chi connectivity index (χ3n) is 3.67. The number of rotatable bonds is 2. The standard InChI is InChI=1S/C14H22ClNS/c1-13(2,3)11-9-17-12(16-11)8-14(4)6-5-10(15)7-14/h9-10H,5-8H2,1-4H3. The Labute approximate surface area is 114 Å². The van der Waals surface area contributed by atoms with Crippen LogP contribution in [0.1, 0.15) is 57.7 Å². The predicted molar refractivity (Wildman–Crippen MR) is 76.1 cm³/mol. The van der Waals surface area contributed by atoms with Crippen LogP contribution in [0, 0.1) is 5.41 Å². The first-order valence-corrected chi connectivity index (χ1v) is 7.69. The van der Waals surface area contributed by atoms with Gasteiger partial charge in [0.15, 0.2) is 0 Å². The minimum Gasteiger partial charge on any atom is -0.246 e. The number of aromatic nitrogens is 1. The number of hydrogen-bond donors (Lipinski definition) is 0. The highest BCUT2D eigenvalue weighted by molar-refractivity contribution is 7.09. The molecule has 0 amide bonds. The van der Waals surface area contributed by atoms with Crippen molar-refractivity contribution in [3.8, 4) is 0 Å². The topological polar surface area (TPSA) is 12.9 Å². The molecule has 1 aromatic heterocycles. The van der Waals surface area contributed by atoms with E-state index in [-0.39, 0.29) is 5.41 Å². The molecule has 0 radical (unpaired) electrons. The van der Waals surface area contributed by atoms with Crippen LogP contribution in [0.3, 0.4) is 0 Å². The molecule has 17 heavy (non-hydrogen) atoms. The van der Waals surface area contributed by atoms with Crippen molar-refractivity contribution in [1.82, 2.24) is 4.98 Å². The van der Waals surface area contributed by atoms with Crippen LogP contribution in [-0.4, -0.2) is 10.4 Å². The first-order chi connectivity index (χ1) is 7.78. The van der Waals surface area contributed by atoms with Gasteiger partial charge in [-0.3, -0.25) is 0 Å². The maximum atomic E-state index is 6.22. The van der Waals surface area contributed by atoms with Crippen LogP contribution < -0.4 is 0 Å². The average Bonchev–Trinajstić information content (AvgIpc) is 2.73. The molecule has 1 saturated carbocycles. The highest BCUT2D eigenvalue weighted by atomic mass is 35.5. The van der Waals surface area contributed by atoms with Crippen LogP contribution in [0.25, 0.3) is 0 Å². The maximum absolute atomic E-state index is 6.22. The van der Waals surface area contributed by atoms with Crippen LogP contribution in [-0.2, 0) is 11.8 Å². The van der Waals surface area contributed by atoms with Gasteiger partial charge in [0.2, 0.25) is 0 Å². The zero-order valence-corrected chi connectivity index (χ0v) is 12.8. The van der Waals surface area contributed by atoms with Gasteiger partial charge in [0.25, 0.3) is 0 Å². The number of hydrogen-bond acceptors (Lipinski definition) is 2. The van der Waals surface area contributed by atoms with E-state index in [2.05, 4.69) is 33.1 Å². The van der Waals surface area contributed by atoms with Gasteiger partial charge in [0.1, 0.15) is 0 Å². The van der Waals surface area contributed by atoms with Crippen molar-refractivity contribution < 1.29 is 0 Å². The Morgan fingerprint density at radius 2 is 2.24 bits per heavy atom. The Kier molecular flexibility index (Phi) is 3.57. The van der Waals surface area contributed by atoms with Crippen LogP contribution in [0.15, 0.2) is 5.38 Å². The molecule has 2 unspecified atom stereocenters. The Hall–Kier alpha value is -0.0800. The van der Waals surface area contributed by atoms with E-state index >= 15 is 0 Å². The molecule has 1 heterocycles. The molecule has 0 aromatic carbocycles. The fraction of sp³-hybridized carbons (Fsp3) is 0.786. The van der Waals surface area contributed by atoms with Crippen molar-refractivity contribution >= 4 is 22.9 Å². The summed E-state index contributed by atoms with van der Waals surface area (Å²) in [5.74, 6) is 0. The van der Waals surface area contributed by atoms with E-state index < -0.39 is 0 Å². The molecule has 2 atom stereocenters. The quantitative estimate of drug-likeness (QED) is 0.706. The first kappa shape index (κ1) is 13.4. The predicted octanol–water partition coefficient (Wildman–Crippen LogP) is 4.78. The molecule has 3 heteroatoms. The highest BCUT2D eigenvalue weighted by Crippen LogP contribution is 2.43. The zero-order chi connectivity index (χ0) is 12.7. The molecule has 1 fully saturated rings. The maximum Gasteiger partial charge on any atom is 0.0933 e. The smallest absolute Gasteiger partial charge is 0.0933 e. The van der Waals surface area contributed by atoms with Crippen molar-refractivity contribution in [2.75, 3.05) is 0 Å². The van der Waals surface area contributed by atoms with Crippen LogP contribution >= 0.6 is 22.9 Å². The summed E-state index contributed by atoms with van der Waals surface area (Å²) in [5, 5.41) is 3.87. The molecule has 0 N–H and O–H groups in total. The van der Waals surface area contributed by atoms with Crippen molar-refractivity contribution in [3.05, 3.63) is 16.1 Å². The van der Waals surface area contributed by atoms with Crippen LogP contribution in [0.4, 0.5) is 0 Å². The van der Waals surface area contributed by atoms with Gasteiger partial charge in [0.05, 0.1) is 10.7 Å². The van der Waals surface area contributed by atoms with Gasteiger partial charge in [-0.1, -0.05) is 27.7 Å². The SMILES string of the molecule is CC1(Cc2nc(C(C)(C)C)cs2)CCC(Cl)C1. The monoisotopic (exact) mass is 271 g/mol. The van der Waals surface area contributed by atoms with Gasteiger partial charge in [-0.15, -0.1) is 22.9 Å². The molecule has 1 aromatic rings. The molecule has 0 saturated heterocycles. The summed E-state index contributed by atoms with van der Waals surface area (Å²) in [6, 6.07) is 0. The molecule has 1 aliphatic carbocycles. The second-order valence-corrected chi connectivity index (χ2v) is 8.26. The van der Waals surface area contributed by atoms with Gasteiger partial charge in [-0.2, -0.15) is 0 Å². The molecule has 0 bridgehead atoms. The lowest BCUT2D eigenvalue weighted by molar-refractivity contribution is 0.334. The van der Waals surface area contributed by atoms with Gasteiger partial charge >= 0.3 is 0 Å². The van der Waals surface area contributed by atoms with Crippen molar-refractivity contribution in [2.45, 2.75) is 64.2 Å². The summed E-state index contributed by atoms with van der Waals surface area (Å²) in [6.45, 7) is 9.02. The Balaban J connectivity index is 2.07. The number of thiazole rings is 1. The Bertz CT molecular complexity index is 393. The summed E-state index contributed by atoms with van der Waals surface area (Å²) in [5.41, 5.74) is 1.77. The molecule has 96 valence electrons. The third kappa shape index (κ3) is 3.23. The minimum atomic E-state index is 0.167. The van der Waals surface area contributed by atoms with Crippen molar-refractivity contribution in [3.63, 3.8) is 0 Å². The molecule has 2 rings (SSSR count). The Morgan fingerprint density at radius 1 is 1.53 bits per heavy atom. The summed E-state index contributed by atoms with van der Waals surface area (Å²) >= 11 is 8.03. The minimum absolute atomic E-state index is 0.167. The molecular formula is C14H22ClNS. The lowest BCUT2D eigenvalue weighted by Crippen LogP contribution is -2.16. The highest BCUT2D eigenvalue weighted by Gasteiger charge is 2.35. The number of halogens is 1. The van der Waals surface area contributed by atoms with E-state index in [9.17, 15) is 0 Å². The van der Waals surface area contributed by atoms with E-state index in [1.165, 1.54) is 17.1 Å². The summed E-state index contributed by atoms with van der Waals surface area (Å²) in [6.07, 6.45) is 4.64. The van der Waals surface area contributed by atoms with Crippen molar-refractivity contribution in [1.29, 1.82) is 0 Å². The summed E-state index contributed by atoms with van der Waals surface area (Å²) < 4.78 is 0. The first-order valence-electron chi connectivity index (χ1n) is 6.37. The molecular weight excluding hydrogens is 250 g/mol. The fourth-order valence-electron chi connectivity index (χ4n) is 2.51. The van der Waals surface area contributed by atoms with E-state index in [0.717, 1.165) is 19.3 Å². The van der Waals surface area contributed by atoms with Gasteiger partial charge in [-0.25, -0.2) is 4.98 Å². The largest absolute Gasteiger partial charge is 0.246 e. The molecule has 0 aliphatic heterocycles. The third-order valence-corrected chi connectivity index (χ3v) is 4.89. The van der Waals surface area contributed by atoms with Gasteiger partial charge in [0, 0.05) is 22.6 Å². The normalized spacial score (nSPS) is 29.8. The molecule has 0 spiro atoms.